The van der Waals surface area contributed by atoms with E-state index in [4.69, 9.17) is 9.84 Å². The standard InChI is InChI=1S/C13H9F2NO4/c14-13(15)20-9-4-1-3-8(7-9)19-11-6-2-5-10(16-11)12(17)18/h1-7,13H,(H,17,18). The average Bonchev–Trinajstić information content (AvgIpc) is 2.38. The summed E-state index contributed by atoms with van der Waals surface area (Å²) in [6.45, 7) is -2.93. The van der Waals surface area contributed by atoms with Gasteiger partial charge in [0.25, 0.3) is 0 Å². The summed E-state index contributed by atoms with van der Waals surface area (Å²) in [5.74, 6) is -1.01. The zero-order chi connectivity index (χ0) is 14.5. The predicted octanol–water partition coefficient (Wildman–Crippen LogP) is 3.17. The Bertz CT molecular complexity index is 619. The van der Waals surface area contributed by atoms with Gasteiger partial charge in [-0.05, 0) is 18.2 Å². The first-order chi connectivity index (χ1) is 9.54. The highest BCUT2D eigenvalue weighted by Gasteiger charge is 2.08. The molecule has 0 unspecified atom stereocenters. The Morgan fingerprint density at radius 2 is 1.85 bits per heavy atom. The van der Waals surface area contributed by atoms with Crippen LogP contribution < -0.4 is 9.47 Å². The zero-order valence-electron chi connectivity index (χ0n) is 9.99. The molecule has 2 rings (SSSR count). The van der Waals surface area contributed by atoms with Crippen LogP contribution in [-0.2, 0) is 0 Å². The van der Waals surface area contributed by atoms with Crippen LogP contribution >= 0.6 is 0 Å². The minimum absolute atomic E-state index is 0.0408. The van der Waals surface area contributed by atoms with Gasteiger partial charge in [0.15, 0.2) is 5.69 Å². The maximum Gasteiger partial charge on any atom is 0.387 e. The number of pyridine rings is 1. The number of carboxylic acid groups (broad SMARTS) is 1. The van der Waals surface area contributed by atoms with Crippen molar-refractivity contribution in [1.29, 1.82) is 0 Å². The van der Waals surface area contributed by atoms with Crippen molar-refractivity contribution in [2.75, 3.05) is 0 Å². The molecule has 0 saturated heterocycles. The number of alkyl halides is 2. The third kappa shape index (κ3) is 3.64. The van der Waals surface area contributed by atoms with Crippen LogP contribution in [0.4, 0.5) is 8.78 Å². The molecule has 0 aliphatic heterocycles. The van der Waals surface area contributed by atoms with Crippen molar-refractivity contribution in [2.24, 2.45) is 0 Å². The molecular weight excluding hydrogens is 272 g/mol. The highest BCUT2D eigenvalue weighted by molar-refractivity contribution is 5.85. The first-order valence-electron chi connectivity index (χ1n) is 5.47. The van der Waals surface area contributed by atoms with Crippen LogP contribution in [-0.4, -0.2) is 22.7 Å². The summed E-state index contributed by atoms with van der Waals surface area (Å²) in [7, 11) is 0. The van der Waals surface area contributed by atoms with Gasteiger partial charge in [0.2, 0.25) is 5.88 Å². The third-order valence-electron chi connectivity index (χ3n) is 2.20. The molecule has 0 aliphatic carbocycles. The molecule has 1 aromatic carbocycles. The molecule has 1 heterocycles. The SMILES string of the molecule is O=C(O)c1cccc(Oc2cccc(OC(F)F)c2)n1. The normalized spacial score (nSPS) is 10.3. The first kappa shape index (κ1) is 13.7. The number of rotatable bonds is 5. The van der Waals surface area contributed by atoms with Gasteiger partial charge in [0.1, 0.15) is 11.5 Å². The number of hydrogen-bond acceptors (Lipinski definition) is 4. The van der Waals surface area contributed by atoms with Crippen molar-refractivity contribution in [3.63, 3.8) is 0 Å². The van der Waals surface area contributed by atoms with Crippen molar-refractivity contribution >= 4 is 5.97 Å². The molecule has 0 spiro atoms. The zero-order valence-corrected chi connectivity index (χ0v) is 9.99. The van der Waals surface area contributed by atoms with Gasteiger partial charge in [-0.15, -0.1) is 0 Å². The Morgan fingerprint density at radius 1 is 1.15 bits per heavy atom. The quantitative estimate of drug-likeness (QED) is 0.911. The van der Waals surface area contributed by atoms with E-state index in [1.807, 2.05) is 0 Å². The highest BCUT2D eigenvalue weighted by Crippen LogP contribution is 2.25. The van der Waals surface area contributed by atoms with Gasteiger partial charge in [0, 0.05) is 12.1 Å². The first-order valence-corrected chi connectivity index (χ1v) is 5.47. The molecular formula is C13H9F2NO4. The summed E-state index contributed by atoms with van der Waals surface area (Å²) in [5.41, 5.74) is -0.178. The van der Waals surface area contributed by atoms with Crippen LogP contribution in [0.1, 0.15) is 10.5 Å². The number of carboxylic acids is 1. The summed E-state index contributed by atoms with van der Waals surface area (Å²) in [6, 6.07) is 9.80. The summed E-state index contributed by atoms with van der Waals surface area (Å²) in [4.78, 5) is 14.5. The summed E-state index contributed by atoms with van der Waals surface area (Å²) in [6.07, 6.45) is 0. The van der Waals surface area contributed by atoms with Gasteiger partial charge in [-0.3, -0.25) is 0 Å². The van der Waals surface area contributed by atoms with Crippen LogP contribution in [0, 0.1) is 0 Å². The third-order valence-corrected chi connectivity index (χ3v) is 2.20. The van der Waals surface area contributed by atoms with Gasteiger partial charge in [0.05, 0.1) is 0 Å². The van der Waals surface area contributed by atoms with E-state index in [0.717, 1.165) is 0 Å². The number of aromatic carboxylic acids is 1. The van der Waals surface area contributed by atoms with Gasteiger partial charge in [-0.2, -0.15) is 8.78 Å². The van der Waals surface area contributed by atoms with E-state index in [1.165, 1.54) is 42.5 Å². The summed E-state index contributed by atoms with van der Waals surface area (Å²) >= 11 is 0. The molecule has 2 aromatic rings. The maximum absolute atomic E-state index is 12.1. The Hall–Kier alpha value is -2.70. The molecule has 0 saturated carbocycles. The molecule has 7 heteroatoms. The topological polar surface area (TPSA) is 68.7 Å². The van der Waals surface area contributed by atoms with E-state index in [0.29, 0.717) is 0 Å². The Kier molecular flexibility index (Phi) is 4.09. The lowest BCUT2D eigenvalue weighted by molar-refractivity contribution is -0.0499. The van der Waals surface area contributed by atoms with Crippen LogP contribution in [0.5, 0.6) is 17.4 Å². The minimum Gasteiger partial charge on any atom is -0.477 e. The van der Waals surface area contributed by atoms with Crippen molar-refractivity contribution in [2.45, 2.75) is 6.61 Å². The number of benzene rings is 1. The van der Waals surface area contributed by atoms with Gasteiger partial charge in [-0.25, -0.2) is 9.78 Å². The van der Waals surface area contributed by atoms with E-state index < -0.39 is 12.6 Å². The smallest absolute Gasteiger partial charge is 0.387 e. The van der Waals surface area contributed by atoms with Crippen LogP contribution in [0.3, 0.4) is 0 Å². The van der Waals surface area contributed by atoms with Crippen molar-refractivity contribution in [3.05, 3.63) is 48.2 Å². The van der Waals surface area contributed by atoms with Gasteiger partial charge >= 0.3 is 12.6 Å². The average molecular weight is 281 g/mol. The number of carbonyl (C=O) groups is 1. The van der Waals surface area contributed by atoms with Crippen molar-refractivity contribution in [1.82, 2.24) is 4.98 Å². The van der Waals surface area contributed by atoms with E-state index in [9.17, 15) is 13.6 Å². The number of nitrogens with zero attached hydrogens (tertiary/aromatic N) is 1. The molecule has 0 bridgehead atoms. The second-order valence-electron chi connectivity index (χ2n) is 3.62. The second kappa shape index (κ2) is 5.96. The lowest BCUT2D eigenvalue weighted by Gasteiger charge is -2.08. The Labute approximate surface area is 112 Å². The number of aromatic nitrogens is 1. The predicted molar refractivity (Wildman–Crippen MR) is 64.3 cm³/mol. The maximum atomic E-state index is 12.1. The number of hydrogen-bond donors (Lipinski definition) is 1. The summed E-state index contributed by atoms with van der Waals surface area (Å²) in [5, 5.41) is 8.80. The van der Waals surface area contributed by atoms with Crippen LogP contribution in [0.25, 0.3) is 0 Å². The van der Waals surface area contributed by atoms with Crippen LogP contribution in [0.15, 0.2) is 42.5 Å². The number of halogens is 2. The molecule has 20 heavy (non-hydrogen) atoms. The molecule has 104 valence electrons. The van der Waals surface area contributed by atoms with Gasteiger partial charge < -0.3 is 14.6 Å². The fraction of sp³-hybridized carbons (Fsp3) is 0.0769. The molecule has 0 fully saturated rings. The molecule has 5 nitrogen and oxygen atoms in total. The fourth-order valence-electron chi connectivity index (χ4n) is 1.43. The molecule has 0 radical (unpaired) electrons. The Balaban J connectivity index is 2.17. The van der Waals surface area contributed by atoms with Crippen LogP contribution in [0.2, 0.25) is 0 Å². The molecule has 0 atom stereocenters. The molecule has 0 amide bonds. The molecule has 1 aromatic heterocycles. The lowest BCUT2D eigenvalue weighted by Crippen LogP contribution is -2.02. The molecule has 0 aliphatic rings. The molecule has 1 N–H and O–H groups in total. The monoisotopic (exact) mass is 281 g/mol. The van der Waals surface area contributed by atoms with E-state index in [-0.39, 0.29) is 23.1 Å². The highest BCUT2D eigenvalue weighted by atomic mass is 19.3. The Morgan fingerprint density at radius 3 is 2.55 bits per heavy atom. The van der Waals surface area contributed by atoms with E-state index in [1.54, 1.807) is 0 Å². The largest absolute Gasteiger partial charge is 0.477 e. The van der Waals surface area contributed by atoms with E-state index >= 15 is 0 Å². The van der Waals surface area contributed by atoms with Crippen molar-refractivity contribution in [3.8, 4) is 17.4 Å². The van der Waals surface area contributed by atoms with Crippen molar-refractivity contribution < 1.29 is 28.2 Å². The van der Waals surface area contributed by atoms with E-state index in [2.05, 4.69) is 9.72 Å². The van der Waals surface area contributed by atoms with Gasteiger partial charge in [-0.1, -0.05) is 12.1 Å². The number of ether oxygens (including phenoxy) is 2. The second-order valence-corrected chi connectivity index (χ2v) is 3.62. The fourth-order valence-corrected chi connectivity index (χ4v) is 1.43. The summed E-state index contributed by atoms with van der Waals surface area (Å²) < 4.78 is 33.7. The minimum atomic E-state index is -2.93. The lowest BCUT2D eigenvalue weighted by atomic mass is 10.3.